The average molecular weight is 310 g/mol. The van der Waals surface area contributed by atoms with E-state index < -0.39 is 0 Å². The molecule has 2 rings (SSSR count). The molecule has 0 spiro atoms. The lowest BCUT2D eigenvalue weighted by Gasteiger charge is -2.16. The summed E-state index contributed by atoms with van der Waals surface area (Å²) in [5.41, 5.74) is 1.25. The fourth-order valence-corrected chi connectivity index (χ4v) is 2.60. The molecule has 0 radical (unpaired) electrons. The Balaban J connectivity index is 2.08. The van der Waals surface area contributed by atoms with Crippen LogP contribution >= 0.6 is 27.3 Å². The van der Waals surface area contributed by atoms with Crippen molar-refractivity contribution in [3.05, 3.63) is 51.3 Å². The molecule has 0 aliphatic heterocycles. The molecule has 0 N–H and O–H groups in total. The molecule has 0 aliphatic carbocycles. The molecule has 1 aromatic carbocycles. The Morgan fingerprint density at radius 2 is 1.94 bits per heavy atom. The van der Waals surface area contributed by atoms with Gasteiger partial charge in [-0.2, -0.15) is 0 Å². The van der Waals surface area contributed by atoms with Crippen molar-refractivity contribution in [1.82, 2.24) is 0 Å². The number of thiophene rings is 1. The zero-order valence-electron chi connectivity index (χ0n) is 9.39. The molecule has 0 bridgehead atoms. The summed E-state index contributed by atoms with van der Waals surface area (Å²) in [7, 11) is 2.03. The highest BCUT2D eigenvalue weighted by Gasteiger charge is 2.05. The lowest BCUT2D eigenvalue weighted by atomic mass is 10.2. The third kappa shape index (κ3) is 3.17. The van der Waals surface area contributed by atoms with Crippen molar-refractivity contribution in [2.24, 2.45) is 0 Å². The monoisotopic (exact) mass is 309 g/mol. The standard InChI is InChI=1S/C13H12BrNOS/c1-15(13-7-6-12(9-16)17-13)8-10-2-4-11(14)5-3-10/h2-7,9H,8H2,1H3. The maximum atomic E-state index is 10.6. The smallest absolute Gasteiger partial charge is 0.160 e. The molecular formula is C13H12BrNOS. The van der Waals surface area contributed by atoms with Gasteiger partial charge in [0.05, 0.1) is 9.88 Å². The van der Waals surface area contributed by atoms with Gasteiger partial charge in [-0.3, -0.25) is 4.79 Å². The van der Waals surface area contributed by atoms with Crippen molar-refractivity contribution in [2.45, 2.75) is 6.54 Å². The highest BCUT2D eigenvalue weighted by molar-refractivity contribution is 9.10. The molecule has 2 aromatic rings. The predicted molar refractivity (Wildman–Crippen MR) is 76.0 cm³/mol. The quantitative estimate of drug-likeness (QED) is 0.797. The van der Waals surface area contributed by atoms with Crippen LogP contribution in [-0.2, 0) is 6.54 Å². The third-order valence-electron chi connectivity index (χ3n) is 2.44. The summed E-state index contributed by atoms with van der Waals surface area (Å²) in [6, 6.07) is 12.1. The first kappa shape index (κ1) is 12.3. The Labute approximate surface area is 113 Å². The second-order valence-corrected chi connectivity index (χ2v) is 5.79. The molecule has 0 saturated carbocycles. The number of anilines is 1. The molecule has 4 heteroatoms. The summed E-state index contributed by atoms with van der Waals surface area (Å²) in [5.74, 6) is 0. The van der Waals surface area contributed by atoms with Crippen LogP contribution < -0.4 is 4.90 Å². The number of carbonyl (C=O) groups is 1. The Morgan fingerprint density at radius 3 is 2.53 bits per heavy atom. The summed E-state index contributed by atoms with van der Waals surface area (Å²) >= 11 is 4.93. The fraction of sp³-hybridized carbons (Fsp3) is 0.154. The maximum Gasteiger partial charge on any atom is 0.160 e. The third-order valence-corrected chi connectivity index (χ3v) is 4.09. The van der Waals surface area contributed by atoms with Gasteiger partial charge in [0, 0.05) is 18.1 Å². The van der Waals surface area contributed by atoms with E-state index in [-0.39, 0.29) is 0 Å². The predicted octanol–water partition coefficient (Wildman–Crippen LogP) is 3.96. The molecule has 2 nitrogen and oxygen atoms in total. The van der Waals surface area contributed by atoms with E-state index in [4.69, 9.17) is 0 Å². The van der Waals surface area contributed by atoms with E-state index in [1.165, 1.54) is 16.9 Å². The molecule has 0 fully saturated rings. The Morgan fingerprint density at radius 1 is 1.24 bits per heavy atom. The van der Waals surface area contributed by atoms with Gasteiger partial charge in [-0.15, -0.1) is 11.3 Å². The van der Waals surface area contributed by atoms with E-state index >= 15 is 0 Å². The Bertz CT molecular complexity index is 506. The summed E-state index contributed by atoms with van der Waals surface area (Å²) in [6.07, 6.45) is 0.891. The van der Waals surface area contributed by atoms with Crippen LogP contribution in [0.2, 0.25) is 0 Å². The number of hydrogen-bond acceptors (Lipinski definition) is 3. The van der Waals surface area contributed by atoms with Gasteiger partial charge in [-0.1, -0.05) is 28.1 Å². The first-order valence-electron chi connectivity index (χ1n) is 5.19. The number of benzene rings is 1. The Kier molecular flexibility index (Phi) is 3.97. The SMILES string of the molecule is CN(Cc1ccc(Br)cc1)c1ccc(C=O)s1. The zero-order valence-corrected chi connectivity index (χ0v) is 11.8. The van der Waals surface area contributed by atoms with Crippen molar-refractivity contribution in [3.63, 3.8) is 0 Å². The lowest BCUT2D eigenvalue weighted by molar-refractivity contribution is 0.112. The van der Waals surface area contributed by atoms with E-state index in [1.807, 2.05) is 31.3 Å². The van der Waals surface area contributed by atoms with Crippen LogP contribution in [0.25, 0.3) is 0 Å². The van der Waals surface area contributed by atoms with Gasteiger partial charge in [0.1, 0.15) is 0 Å². The van der Waals surface area contributed by atoms with Crippen LogP contribution in [0.3, 0.4) is 0 Å². The first-order chi connectivity index (χ1) is 8.19. The molecule has 0 saturated heterocycles. The topological polar surface area (TPSA) is 20.3 Å². The molecule has 1 aromatic heterocycles. The Hall–Kier alpha value is -1.13. The van der Waals surface area contributed by atoms with Crippen LogP contribution in [0.5, 0.6) is 0 Å². The minimum absolute atomic E-state index is 0.766. The van der Waals surface area contributed by atoms with Crippen LogP contribution in [-0.4, -0.2) is 13.3 Å². The van der Waals surface area contributed by atoms with Gasteiger partial charge in [0.25, 0.3) is 0 Å². The highest BCUT2D eigenvalue weighted by Crippen LogP contribution is 2.25. The summed E-state index contributed by atoms with van der Waals surface area (Å²) in [4.78, 5) is 13.5. The summed E-state index contributed by atoms with van der Waals surface area (Å²) in [6.45, 7) is 0.839. The van der Waals surface area contributed by atoms with Gasteiger partial charge in [0.2, 0.25) is 0 Å². The van der Waals surface area contributed by atoms with E-state index in [2.05, 4.69) is 33.0 Å². The van der Waals surface area contributed by atoms with Gasteiger partial charge >= 0.3 is 0 Å². The second kappa shape index (κ2) is 5.47. The molecule has 1 heterocycles. The van der Waals surface area contributed by atoms with Crippen LogP contribution in [0, 0.1) is 0 Å². The van der Waals surface area contributed by atoms with Crippen molar-refractivity contribution in [2.75, 3.05) is 11.9 Å². The molecule has 0 amide bonds. The minimum Gasteiger partial charge on any atom is -0.362 e. The zero-order chi connectivity index (χ0) is 12.3. The molecular weight excluding hydrogens is 298 g/mol. The van der Waals surface area contributed by atoms with E-state index in [1.54, 1.807) is 0 Å². The second-order valence-electron chi connectivity index (χ2n) is 3.78. The number of nitrogens with zero attached hydrogens (tertiary/aromatic N) is 1. The maximum absolute atomic E-state index is 10.6. The van der Waals surface area contributed by atoms with Crippen molar-refractivity contribution in [1.29, 1.82) is 0 Å². The first-order valence-corrected chi connectivity index (χ1v) is 6.80. The summed E-state index contributed by atoms with van der Waals surface area (Å²) in [5, 5.41) is 1.11. The van der Waals surface area contributed by atoms with E-state index in [0.29, 0.717) is 0 Å². The number of hydrogen-bond donors (Lipinski definition) is 0. The summed E-state index contributed by atoms with van der Waals surface area (Å²) < 4.78 is 1.09. The molecule has 0 aliphatic rings. The molecule has 17 heavy (non-hydrogen) atoms. The van der Waals surface area contributed by atoms with Crippen molar-refractivity contribution < 1.29 is 4.79 Å². The highest BCUT2D eigenvalue weighted by atomic mass is 79.9. The lowest BCUT2D eigenvalue weighted by Crippen LogP contribution is -2.14. The molecule has 0 atom stereocenters. The van der Waals surface area contributed by atoms with Crippen molar-refractivity contribution in [3.8, 4) is 0 Å². The van der Waals surface area contributed by atoms with Crippen LogP contribution in [0.15, 0.2) is 40.9 Å². The number of halogens is 1. The van der Waals surface area contributed by atoms with Gasteiger partial charge in [-0.25, -0.2) is 0 Å². The number of carbonyl (C=O) groups excluding carboxylic acids is 1. The van der Waals surface area contributed by atoms with Crippen molar-refractivity contribution >= 4 is 38.6 Å². The fourth-order valence-electron chi connectivity index (χ4n) is 1.55. The average Bonchev–Trinajstić information content (AvgIpc) is 2.81. The van der Waals surface area contributed by atoms with E-state index in [9.17, 15) is 4.79 Å². The number of rotatable bonds is 4. The van der Waals surface area contributed by atoms with Gasteiger partial charge in [0.15, 0.2) is 6.29 Å². The molecule has 88 valence electrons. The molecule has 0 unspecified atom stereocenters. The van der Waals surface area contributed by atoms with Crippen LogP contribution in [0.4, 0.5) is 5.00 Å². The van der Waals surface area contributed by atoms with Gasteiger partial charge in [-0.05, 0) is 29.8 Å². The minimum atomic E-state index is 0.766. The number of aldehydes is 1. The normalized spacial score (nSPS) is 10.2. The van der Waals surface area contributed by atoms with Gasteiger partial charge < -0.3 is 4.90 Å². The van der Waals surface area contributed by atoms with E-state index in [0.717, 1.165) is 27.2 Å². The van der Waals surface area contributed by atoms with Crippen LogP contribution in [0.1, 0.15) is 15.2 Å². The largest absolute Gasteiger partial charge is 0.362 e.